The first-order valence-electron chi connectivity index (χ1n) is 6.75. The van der Waals surface area contributed by atoms with Gasteiger partial charge < -0.3 is 15.2 Å². The smallest absolute Gasteiger partial charge is 0.252 e. The van der Waals surface area contributed by atoms with Crippen molar-refractivity contribution in [2.75, 3.05) is 26.7 Å². The lowest BCUT2D eigenvalue weighted by molar-refractivity contribution is -0.158. The van der Waals surface area contributed by atoms with Gasteiger partial charge in [-0.15, -0.1) is 12.8 Å². The van der Waals surface area contributed by atoms with Crippen molar-refractivity contribution < 1.29 is 14.6 Å². The molecule has 1 fully saturated rings. The van der Waals surface area contributed by atoms with E-state index in [0.29, 0.717) is 13.0 Å². The number of nitrogens with zero attached hydrogens (tertiary/aromatic N) is 1. The first-order chi connectivity index (χ1) is 9.58. The number of amides is 1. The number of hydrogen-bond acceptors (Lipinski definition) is 4. The first-order valence-corrected chi connectivity index (χ1v) is 6.75. The van der Waals surface area contributed by atoms with Gasteiger partial charge in [-0.3, -0.25) is 9.69 Å². The van der Waals surface area contributed by atoms with Crippen molar-refractivity contribution in [1.82, 2.24) is 10.2 Å². The molecule has 0 aromatic heterocycles. The summed E-state index contributed by atoms with van der Waals surface area (Å²) >= 11 is 0. The van der Waals surface area contributed by atoms with Crippen LogP contribution >= 0.6 is 0 Å². The molecule has 1 saturated heterocycles. The van der Waals surface area contributed by atoms with Crippen LogP contribution in [-0.4, -0.2) is 60.9 Å². The molecule has 1 rings (SSSR count). The Morgan fingerprint density at radius 2 is 2.20 bits per heavy atom. The number of hydrogen-bond donors (Lipinski definition) is 2. The van der Waals surface area contributed by atoms with Gasteiger partial charge >= 0.3 is 0 Å². The number of carbonyl (C=O) groups is 1. The minimum atomic E-state index is -0.833. The Hall–Kier alpha value is -1.53. The van der Waals surface area contributed by atoms with Crippen LogP contribution in [0.4, 0.5) is 0 Å². The number of rotatable bonds is 6. The number of ether oxygens (including phenoxy) is 1. The van der Waals surface area contributed by atoms with Gasteiger partial charge in [-0.1, -0.05) is 11.8 Å². The summed E-state index contributed by atoms with van der Waals surface area (Å²) in [5.41, 5.74) is 0. The van der Waals surface area contributed by atoms with Crippen LogP contribution in [0.2, 0.25) is 0 Å². The van der Waals surface area contributed by atoms with Crippen LogP contribution in [0.25, 0.3) is 0 Å². The number of carbonyl (C=O) groups excluding carboxylic acids is 1. The van der Waals surface area contributed by atoms with Crippen molar-refractivity contribution >= 4 is 5.91 Å². The van der Waals surface area contributed by atoms with Crippen LogP contribution in [0.5, 0.6) is 0 Å². The molecule has 5 heteroatoms. The summed E-state index contributed by atoms with van der Waals surface area (Å²) in [6.07, 6.45) is 10.8. The van der Waals surface area contributed by atoms with Crippen LogP contribution in [0.3, 0.4) is 0 Å². The van der Waals surface area contributed by atoms with E-state index in [1.54, 1.807) is 0 Å². The van der Waals surface area contributed by atoms with Crippen LogP contribution < -0.4 is 5.32 Å². The van der Waals surface area contributed by atoms with E-state index in [1.807, 2.05) is 11.9 Å². The molecular weight excluding hydrogens is 256 g/mol. The Bertz CT molecular complexity index is 397. The lowest BCUT2D eigenvalue weighted by Gasteiger charge is -2.33. The molecule has 0 bridgehead atoms. The van der Waals surface area contributed by atoms with Gasteiger partial charge in [0.15, 0.2) is 6.10 Å². The molecule has 1 heterocycles. The maximum Gasteiger partial charge on any atom is 0.252 e. The summed E-state index contributed by atoms with van der Waals surface area (Å²) in [5, 5.41) is 12.4. The highest BCUT2D eigenvalue weighted by atomic mass is 16.5. The van der Waals surface area contributed by atoms with Gasteiger partial charge in [-0.2, -0.15) is 0 Å². The fourth-order valence-electron chi connectivity index (χ4n) is 2.16. The van der Waals surface area contributed by atoms with Crippen LogP contribution in [0, 0.1) is 24.7 Å². The highest BCUT2D eigenvalue weighted by Crippen LogP contribution is 2.22. The van der Waals surface area contributed by atoms with E-state index in [0.717, 1.165) is 19.4 Å². The van der Waals surface area contributed by atoms with Crippen molar-refractivity contribution in [3.63, 3.8) is 0 Å². The SMILES string of the molecule is C#CCNC(=O)[C@H]1O[C@H](CCN(C)CC#C)CC[C@@H]1O. The highest BCUT2D eigenvalue weighted by molar-refractivity contribution is 5.81. The van der Waals surface area contributed by atoms with E-state index < -0.39 is 12.2 Å². The van der Waals surface area contributed by atoms with E-state index >= 15 is 0 Å². The summed E-state index contributed by atoms with van der Waals surface area (Å²) in [4.78, 5) is 13.8. The molecule has 0 aliphatic carbocycles. The molecule has 1 aliphatic rings. The minimum absolute atomic E-state index is 0.0415. The summed E-state index contributed by atoms with van der Waals surface area (Å²) in [6, 6.07) is 0. The number of terminal acetylenes is 2. The zero-order valence-electron chi connectivity index (χ0n) is 11.8. The average Bonchev–Trinajstić information content (AvgIpc) is 2.44. The topological polar surface area (TPSA) is 61.8 Å². The number of aliphatic hydroxyl groups is 1. The third-order valence-corrected chi connectivity index (χ3v) is 3.29. The molecule has 0 saturated carbocycles. The maximum atomic E-state index is 11.8. The largest absolute Gasteiger partial charge is 0.390 e. The van der Waals surface area contributed by atoms with Gasteiger partial charge in [0.25, 0.3) is 5.91 Å². The lowest BCUT2D eigenvalue weighted by atomic mass is 9.98. The van der Waals surface area contributed by atoms with Crippen LogP contribution in [-0.2, 0) is 9.53 Å². The van der Waals surface area contributed by atoms with Crippen molar-refractivity contribution in [2.24, 2.45) is 0 Å². The molecule has 0 aromatic carbocycles. The molecule has 3 atom stereocenters. The van der Waals surface area contributed by atoms with Crippen molar-refractivity contribution in [1.29, 1.82) is 0 Å². The van der Waals surface area contributed by atoms with Crippen molar-refractivity contribution in [3.05, 3.63) is 0 Å². The Morgan fingerprint density at radius 3 is 2.85 bits per heavy atom. The summed E-state index contributed by atoms with van der Waals surface area (Å²) in [5.74, 6) is 4.55. The van der Waals surface area contributed by atoms with E-state index in [9.17, 15) is 9.90 Å². The zero-order chi connectivity index (χ0) is 15.0. The quantitative estimate of drug-likeness (QED) is 0.649. The summed E-state index contributed by atoms with van der Waals surface area (Å²) in [7, 11) is 1.94. The van der Waals surface area contributed by atoms with Crippen molar-refractivity contribution in [3.8, 4) is 24.7 Å². The molecule has 0 spiro atoms. The van der Waals surface area contributed by atoms with Crippen LogP contribution in [0.1, 0.15) is 19.3 Å². The first kappa shape index (κ1) is 16.5. The Balaban J connectivity index is 2.43. The maximum absolute atomic E-state index is 11.8. The predicted molar refractivity (Wildman–Crippen MR) is 76.7 cm³/mol. The molecule has 0 aromatic rings. The van der Waals surface area contributed by atoms with Gasteiger partial charge in [0, 0.05) is 6.54 Å². The molecule has 5 nitrogen and oxygen atoms in total. The zero-order valence-corrected chi connectivity index (χ0v) is 11.8. The molecule has 110 valence electrons. The molecular formula is C15H22N2O3. The summed E-state index contributed by atoms with van der Waals surface area (Å²) < 4.78 is 5.68. The monoisotopic (exact) mass is 278 g/mol. The molecule has 20 heavy (non-hydrogen) atoms. The molecule has 1 amide bonds. The van der Waals surface area contributed by atoms with E-state index in [2.05, 4.69) is 17.2 Å². The normalized spacial score (nSPS) is 25.8. The Morgan fingerprint density at radius 1 is 1.45 bits per heavy atom. The molecule has 1 aliphatic heterocycles. The van der Waals surface area contributed by atoms with Crippen molar-refractivity contribution in [2.45, 2.75) is 37.6 Å². The molecule has 0 radical (unpaired) electrons. The second-order valence-corrected chi connectivity index (χ2v) is 4.98. The standard InChI is InChI=1S/C15H22N2O3/c1-4-9-16-15(19)14-13(18)7-6-12(20-14)8-11-17(3)10-5-2/h1-2,12-14,18H,6-11H2,3H3,(H,16,19)/t12-,13-,14-/m0/s1. The van der Waals surface area contributed by atoms with Gasteiger partial charge in [0.05, 0.1) is 25.3 Å². The Kier molecular flexibility index (Phi) is 7.11. The van der Waals surface area contributed by atoms with E-state index in [-0.39, 0.29) is 18.6 Å². The highest BCUT2D eigenvalue weighted by Gasteiger charge is 2.34. The van der Waals surface area contributed by atoms with Gasteiger partial charge in [0.2, 0.25) is 0 Å². The minimum Gasteiger partial charge on any atom is -0.390 e. The second-order valence-electron chi connectivity index (χ2n) is 4.98. The third kappa shape index (κ3) is 5.22. The third-order valence-electron chi connectivity index (χ3n) is 3.29. The van der Waals surface area contributed by atoms with Gasteiger partial charge in [-0.25, -0.2) is 0 Å². The van der Waals surface area contributed by atoms with Gasteiger partial charge in [-0.05, 0) is 26.3 Å². The fourth-order valence-corrected chi connectivity index (χ4v) is 2.16. The predicted octanol–water partition coefficient (Wildman–Crippen LogP) is -0.401. The van der Waals surface area contributed by atoms with Crippen LogP contribution in [0.15, 0.2) is 0 Å². The average molecular weight is 278 g/mol. The van der Waals surface area contributed by atoms with E-state index in [1.165, 1.54) is 0 Å². The Labute approximate surface area is 120 Å². The number of nitrogens with one attached hydrogen (secondary N) is 1. The number of aliphatic hydroxyl groups excluding tert-OH is 1. The molecule has 2 N–H and O–H groups in total. The fraction of sp³-hybridized carbons (Fsp3) is 0.667. The summed E-state index contributed by atoms with van der Waals surface area (Å²) in [6.45, 7) is 1.52. The second kappa shape index (κ2) is 8.60. The lowest BCUT2D eigenvalue weighted by Crippen LogP contribution is -2.49. The van der Waals surface area contributed by atoms with Gasteiger partial charge in [0.1, 0.15) is 0 Å². The molecule has 0 unspecified atom stereocenters. The van der Waals surface area contributed by atoms with E-state index in [4.69, 9.17) is 17.6 Å².